The molecule has 0 heterocycles. The highest BCUT2D eigenvalue weighted by Crippen LogP contribution is 2.36. The van der Waals surface area contributed by atoms with Crippen molar-refractivity contribution >= 4 is 35.1 Å². The summed E-state index contributed by atoms with van der Waals surface area (Å²) in [4.78, 5) is 23.0. The number of nitrogens with two attached hydrogens (primary N) is 1. The van der Waals surface area contributed by atoms with Crippen LogP contribution in [0.4, 0.5) is 0 Å². The van der Waals surface area contributed by atoms with Gasteiger partial charge in [0.05, 0.1) is 17.0 Å². The molecule has 0 bridgehead atoms. The molecule has 120 valence electrons. The molecule has 2 aromatic rings. The van der Waals surface area contributed by atoms with Crippen molar-refractivity contribution in [1.29, 1.82) is 0 Å². The molecular formula is C16H13Cl2NO4. The molecule has 1 unspecified atom stereocenters. The van der Waals surface area contributed by atoms with Crippen LogP contribution in [0.15, 0.2) is 42.5 Å². The number of halogens is 2. The standard InChI is InChI=1S/C16H13Cl2NO4/c17-10-6-11(13(19)8-14(20)21)15(12(18)7-10)23-16(22)9-4-2-1-3-5-9/h1-7,13H,8,19H2,(H,20,21). The highest BCUT2D eigenvalue weighted by atomic mass is 35.5. The first kappa shape index (κ1) is 17.3. The molecule has 0 aromatic heterocycles. The van der Waals surface area contributed by atoms with E-state index >= 15 is 0 Å². The molecule has 0 spiro atoms. The van der Waals surface area contributed by atoms with Gasteiger partial charge in [0.15, 0.2) is 5.75 Å². The van der Waals surface area contributed by atoms with Gasteiger partial charge < -0.3 is 15.6 Å². The third-order valence-corrected chi connectivity index (χ3v) is 3.53. The highest BCUT2D eigenvalue weighted by Gasteiger charge is 2.21. The molecule has 5 nitrogen and oxygen atoms in total. The number of carbonyl (C=O) groups excluding carboxylic acids is 1. The van der Waals surface area contributed by atoms with E-state index in [1.54, 1.807) is 30.3 Å². The Hall–Kier alpha value is -2.08. The van der Waals surface area contributed by atoms with E-state index in [4.69, 9.17) is 38.8 Å². The first-order valence-corrected chi connectivity index (χ1v) is 7.37. The summed E-state index contributed by atoms with van der Waals surface area (Å²) in [7, 11) is 0. The first-order chi connectivity index (χ1) is 10.9. The Labute approximate surface area is 142 Å². The zero-order valence-electron chi connectivity index (χ0n) is 11.8. The second-order valence-corrected chi connectivity index (χ2v) is 5.61. The summed E-state index contributed by atoms with van der Waals surface area (Å²) < 4.78 is 5.32. The third-order valence-electron chi connectivity index (χ3n) is 3.04. The van der Waals surface area contributed by atoms with Crippen molar-refractivity contribution in [3.05, 3.63) is 63.6 Å². The fourth-order valence-corrected chi connectivity index (χ4v) is 2.54. The number of esters is 1. The molecule has 0 saturated carbocycles. The van der Waals surface area contributed by atoms with Crippen LogP contribution in [0.2, 0.25) is 10.0 Å². The van der Waals surface area contributed by atoms with E-state index < -0.39 is 18.0 Å². The number of hydrogen-bond donors (Lipinski definition) is 2. The summed E-state index contributed by atoms with van der Waals surface area (Å²) in [5.41, 5.74) is 6.45. The summed E-state index contributed by atoms with van der Waals surface area (Å²) in [6, 6.07) is 10.2. The molecule has 0 aliphatic rings. The lowest BCUT2D eigenvalue weighted by atomic mass is 10.0. The number of carboxylic acids is 1. The van der Waals surface area contributed by atoms with Crippen molar-refractivity contribution < 1.29 is 19.4 Å². The second kappa shape index (κ2) is 7.46. The molecule has 0 fully saturated rings. The largest absolute Gasteiger partial charge is 0.481 e. The van der Waals surface area contributed by atoms with Crippen LogP contribution in [0.1, 0.15) is 28.4 Å². The van der Waals surface area contributed by atoms with E-state index in [-0.39, 0.29) is 27.8 Å². The molecule has 0 amide bonds. The fourth-order valence-electron chi connectivity index (χ4n) is 1.99. The zero-order chi connectivity index (χ0) is 17.0. The van der Waals surface area contributed by atoms with Crippen LogP contribution in [0.3, 0.4) is 0 Å². The van der Waals surface area contributed by atoms with Gasteiger partial charge in [-0.1, -0.05) is 41.4 Å². The average molecular weight is 354 g/mol. The predicted octanol–water partition coefficient (Wildman–Crippen LogP) is 3.69. The number of carbonyl (C=O) groups is 2. The molecule has 0 saturated heterocycles. The van der Waals surface area contributed by atoms with Gasteiger partial charge in [0, 0.05) is 16.6 Å². The van der Waals surface area contributed by atoms with Crippen molar-refractivity contribution in [2.75, 3.05) is 0 Å². The molecule has 0 aliphatic heterocycles. The van der Waals surface area contributed by atoms with E-state index in [0.717, 1.165) is 0 Å². The predicted molar refractivity (Wildman–Crippen MR) is 87.0 cm³/mol. The van der Waals surface area contributed by atoms with Gasteiger partial charge in [-0.05, 0) is 24.3 Å². The van der Waals surface area contributed by atoms with Crippen LogP contribution < -0.4 is 10.5 Å². The van der Waals surface area contributed by atoms with Crippen LogP contribution in [0.25, 0.3) is 0 Å². The Bertz CT molecular complexity index is 734. The summed E-state index contributed by atoms with van der Waals surface area (Å²) >= 11 is 12.0. The maximum Gasteiger partial charge on any atom is 0.343 e. The van der Waals surface area contributed by atoms with Crippen molar-refractivity contribution in [2.45, 2.75) is 12.5 Å². The minimum absolute atomic E-state index is 0.0127. The van der Waals surface area contributed by atoms with E-state index in [0.29, 0.717) is 5.56 Å². The molecule has 2 aromatic carbocycles. The van der Waals surface area contributed by atoms with Crippen LogP contribution in [-0.4, -0.2) is 17.0 Å². The normalized spacial score (nSPS) is 11.8. The van der Waals surface area contributed by atoms with Crippen LogP contribution in [0, 0.1) is 0 Å². The van der Waals surface area contributed by atoms with Gasteiger partial charge in [-0.15, -0.1) is 0 Å². The van der Waals surface area contributed by atoms with Gasteiger partial charge in [-0.25, -0.2) is 4.79 Å². The smallest absolute Gasteiger partial charge is 0.343 e. The van der Waals surface area contributed by atoms with Gasteiger partial charge >= 0.3 is 11.9 Å². The SMILES string of the molecule is NC(CC(=O)O)c1cc(Cl)cc(Cl)c1OC(=O)c1ccccc1. The van der Waals surface area contributed by atoms with Gasteiger partial charge in [0.1, 0.15) is 0 Å². The summed E-state index contributed by atoms with van der Waals surface area (Å²) in [5.74, 6) is -1.70. The Morgan fingerprint density at radius 2 is 1.83 bits per heavy atom. The summed E-state index contributed by atoms with van der Waals surface area (Å²) in [6.07, 6.45) is -0.355. The molecule has 3 N–H and O–H groups in total. The molecule has 0 aliphatic carbocycles. The fraction of sp³-hybridized carbons (Fsp3) is 0.125. The van der Waals surface area contributed by atoms with Gasteiger partial charge in [-0.2, -0.15) is 0 Å². The lowest BCUT2D eigenvalue weighted by Gasteiger charge is -2.16. The van der Waals surface area contributed by atoms with Gasteiger partial charge in [0.25, 0.3) is 0 Å². The number of ether oxygens (including phenoxy) is 1. The first-order valence-electron chi connectivity index (χ1n) is 6.62. The van der Waals surface area contributed by atoms with Crippen LogP contribution in [-0.2, 0) is 4.79 Å². The van der Waals surface area contributed by atoms with Crippen LogP contribution >= 0.6 is 23.2 Å². The average Bonchev–Trinajstić information content (AvgIpc) is 2.49. The van der Waals surface area contributed by atoms with Gasteiger partial charge in [0.2, 0.25) is 0 Å². The van der Waals surface area contributed by atoms with E-state index in [1.807, 2.05) is 0 Å². The van der Waals surface area contributed by atoms with Crippen molar-refractivity contribution in [1.82, 2.24) is 0 Å². The minimum Gasteiger partial charge on any atom is -0.481 e. The highest BCUT2D eigenvalue weighted by molar-refractivity contribution is 6.35. The third kappa shape index (κ3) is 4.45. The minimum atomic E-state index is -1.09. The molecular weight excluding hydrogens is 341 g/mol. The van der Waals surface area contributed by atoms with Crippen LogP contribution in [0.5, 0.6) is 5.75 Å². The second-order valence-electron chi connectivity index (χ2n) is 4.77. The van der Waals surface area contributed by atoms with Crippen molar-refractivity contribution in [3.63, 3.8) is 0 Å². The molecule has 0 radical (unpaired) electrons. The topological polar surface area (TPSA) is 89.6 Å². The zero-order valence-corrected chi connectivity index (χ0v) is 13.3. The number of aliphatic carboxylic acids is 1. The van der Waals surface area contributed by atoms with Crippen molar-refractivity contribution in [2.24, 2.45) is 5.73 Å². The number of hydrogen-bond acceptors (Lipinski definition) is 4. The lowest BCUT2D eigenvalue weighted by molar-refractivity contribution is -0.137. The Balaban J connectivity index is 2.37. The molecule has 7 heteroatoms. The molecule has 2 rings (SSSR count). The monoisotopic (exact) mass is 353 g/mol. The lowest BCUT2D eigenvalue weighted by Crippen LogP contribution is -2.18. The maximum absolute atomic E-state index is 12.2. The maximum atomic E-state index is 12.2. The molecule has 23 heavy (non-hydrogen) atoms. The van der Waals surface area contributed by atoms with E-state index in [9.17, 15) is 9.59 Å². The van der Waals surface area contributed by atoms with E-state index in [1.165, 1.54) is 12.1 Å². The Kier molecular flexibility index (Phi) is 5.60. The Morgan fingerprint density at radius 1 is 1.17 bits per heavy atom. The number of rotatable bonds is 5. The van der Waals surface area contributed by atoms with Gasteiger partial charge in [-0.3, -0.25) is 4.79 Å². The van der Waals surface area contributed by atoms with Crippen molar-refractivity contribution in [3.8, 4) is 5.75 Å². The Morgan fingerprint density at radius 3 is 2.43 bits per heavy atom. The summed E-state index contributed by atoms with van der Waals surface area (Å²) in [5, 5.41) is 9.23. The summed E-state index contributed by atoms with van der Waals surface area (Å²) in [6.45, 7) is 0. The number of carboxylic acid groups (broad SMARTS) is 1. The quantitative estimate of drug-likeness (QED) is 0.631. The molecule has 1 atom stereocenters. The number of benzene rings is 2. The van der Waals surface area contributed by atoms with E-state index in [2.05, 4.69) is 0 Å².